The van der Waals surface area contributed by atoms with Crippen LogP contribution in [0.4, 0.5) is 0 Å². The first-order chi connectivity index (χ1) is 9.10. The van der Waals surface area contributed by atoms with E-state index in [2.05, 4.69) is 10.3 Å². The second-order valence-electron chi connectivity index (χ2n) is 5.15. The van der Waals surface area contributed by atoms with Crippen LogP contribution in [-0.4, -0.2) is 21.6 Å². The maximum absolute atomic E-state index is 11.9. The highest BCUT2D eigenvalue weighted by molar-refractivity contribution is 5.89. The lowest BCUT2D eigenvalue weighted by molar-refractivity contribution is -0.132. The number of hydrogen-bond donors (Lipinski definition) is 2. The fraction of sp³-hybridized carbons (Fsp3) is 0.333. The van der Waals surface area contributed by atoms with Crippen LogP contribution >= 0.6 is 0 Å². The van der Waals surface area contributed by atoms with Crippen molar-refractivity contribution in [3.05, 3.63) is 42.1 Å². The van der Waals surface area contributed by atoms with Gasteiger partial charge in [-0.25, -0.2) is 0 Å². The highest BCUT2D eigenvalue weighted by Gasteiger charge is 2.48. The topological polar surface area (TPSA) is 62.2 Å². The Bertz CT molecular complexity index is 630. The van der Waals surface area contributed by atoms with Crippen molar-refractivity contribution in [2.75, 3.05) is 0 Å². The lowest BCUT2D eigenvalue weighted by atomic mass is 10.0. The Morgan fingerprint density at radius 3 is 2.84 bits per heavy atom. The van der Waals surface area contributed by atoms with E-state index in [1.54, 1.807) is 6.20 Å². The summed E-state index contributed by atoms with van der Waals surface area (Å²) in [5.41, 5.74) is 0.725. The van der Waals surface area contributed by atoms with Crippen LogP contribution in [0, 0.1) is 0 Å². The van der Waals surface area contributed by atoms with E-state index >= 15 is 0 Å². The summed E-state index contributed by atoms with van der Waals surface area (Å²) in [6.45, 7) is 1.91. The molecule has 0 bridgehead atoms. The van der Waals surface area contributed by atoms with Crippen LogP contribution < -0.4 is 5.32 Å². The Kier molecular flexibility index (Phi) is 2.75. The van der Waals surface area contributed by atoms with Gasteiger partial charge in [-0.1, -0.05) is 24.3 Å². The van der Waals surface area contributed by atoms with Crippen LogP contribution in [0.5, 0.6) is 0 Å². The summed E-state index contributed by atoms with van der Waals surface area (Å²) in [4.78, 5) is 16.2. The molecule has 1 unspecified atom stereocenters. The second kappa shape index (κ2) is 4.31. The van der Waals surface area contributed by atoms with Gasteiger partial charge in [-0.15, -0.1) is 0 Å². The number of carbonyl (C=O) groups excluding carboxylic acids is 1. The Morgan fingerprint density at radius 2 is 2.11 bits per heavy atom. The highest BCUT2D eigenvalue weighted by atomic mass is 16.3. The fourth-order valence-electron chi connectivity index (χ4n) is 2.23. The van der Waals surface area contributed by atoms with E-state index in [1.807, 2.05) is 37.3 Å². The van der Waals surface area contributed by atoms with Crippen molar-refractivity contribution in [1.29, 1.82) is 0 Å². The minimum absolute atomic E-state index is 0.171. The van der Waals surface area contributed by atoms with E-state index in [9.17, 15) is 9.90 Å². The minimum atomic E-state index is -1.13. The van der Waals surface area contributed by atoms with Crippen molar-refractivity contribution in [3.8, 4) is 0 Å². The van der Waals surface area contributed by atoms with Gasteiger partial charge < -0.3 is 10.4 Å². The van der Waals surface area contributed by atoms with Crippen molar-refractivity contribution in [3.63, 3.8) is 0 Å². The van der Waals surface area contributed by atoms with Gasteiger partial charge in [-0.2, -0.15) is 0 Å². The van der Waals surface area contributed by atoms with Gasteiger partial charge in [-0.3, -0.25) is 9.78 Å². The number of nitrogens with one attached hydrogen (secondary N) is 1. The van der Waals surface area contributed by atoms with Gasteiger partial charge in [-0.05, 0) is 25.8 Å². The quantitative estimate of drug-likeness (QED) is 0.882. The number of aromatic nitrogens is 1. The molecule has 0 spiro atoms. The lowest BCUT2D eigenvalue weighted by Gasteiger charge is -2.18. The minimum Gasteiger partial charge on any atom is -0.380 e. The molecule has 1 saturated carbocycles. The molecule has 3 rings (SSSR count). The zero-order chi connectivity index (χ0) is 13.5. The first kappa shape index (κ1) is 12.1. The third kappa shape index (κ3) is 2.19. The second-order valence-corrected chi connectivity index (χ2v) is 5.15. The zero-order valence-electron chi connectivity index (χ0n) is 10.8. The van der Waals surface area contributed by atoms with Gasteiger partial charge in [0.05, 0.1) is 11.6 Å². The molecule has 1 fully saturated rings. The summed E-state index contributed by atoms with van der Waals surface area (Å²) < 4.78 is 0. The highest BCUT2D eigenvalue weighted by Crippen LogP contribution is 2.36. The molecule has 1 aromatic carbocycles. The third-order valence-corrected chi connectivity index (χ3v) is 3.62. The van der Waals surface area contributed by atoms with Gasteiger partial charge >= 0.3 is 0 Å². The van der Waals surface area contributed by atoms with E-state index in [0.29, 0.717) is 12.8 Å². The average Bonchev–Trinajstić information content (AvgIpc) is 3.17. The Balaban J connectivity index is 1.89. The van der Waals surface area contributed by atoms with Crippen LogP contribution in [0.15, 0.2) is 36.5 Å². The Hall–Kier alpha value is -1.94. The predicted octanol–water partition coefficient (Wildman–Crippen LogP) is 1.94. The number of pyridine rings is 1. The zero-order valence-corrected chi connectivity index (χ0v) is 10.8. The largest absolute Gasteiger partial charge is 0.380 e. The van der Waals surface area contributed by atoms with Crippen LogP contribution in [0.2, 0.25) is 0 Å². The molecule has 1 aromatic heterocycles. The molecular formula is C15H16N2O2. The molecule has 98 valence electrons. The number of rotatable bonds is 3. The molecule has 4 nitrogen and oxygen atoms in total. The number of aliphatic hydroxyl groups is 1. The number of fused-ring (bicyclic) bond motifs is 1. The van der Waals surface area contributed by atoms with Crippen LogP contribution in [0.1, 0.15) is 31.4 Å². The summed E-state index contributed by atoms with van der Waals surface area (Å²) in [6, 6.07) is 9.62. The summed E-state index contributed by atoms with van der Waals surface area (Å²) in [5, 5.41) is 13.7. The van der Waals surface area contributed by atoms with Crippen molar-refractivity contribution in [1.82, 2.24) is 10.3 Å². The van der Waals surface area contributed by atoms with Gasteiger partial charge in [0.15, 0.2) is 0 Å². The molecule has 1 heterocycles. The lowest BCUT2D eigenvalue weighted by Crippen LogP contribution is -2.37. The molecule has 1 aliphatic carbocycles. The monoisotopic (exact) mass is 256 g/mol. The summed E-state index contributed by atoms with van der Waals surface area (Å²) in [5.74, 6) is -0.284. The van der Waals surface area contributed by atoms with Gasteiger partial charge in [0.1, 0.15) is 5.60 Å². The van der Waals surface area contributed by atoms with Crippen LogP contribution in [0.3, 0.4) is 0 Å². The third-order valence-electron chi connectivity index (χ3n) is 3.62. The number of nitrogens with zero attached hydrogens (tertiary/aromatic N) is 1. The SMILES string of the molecule is CC(NC(=O)C1(O)CC1)c1cccc2cccnc12. The standard InChI is InChI=1S/C15H16N2O2/c1-10(17-14(18)15(19)7-8-15)12-6-2-4-11-5-3-9-16-13(11)12/h2-6,9-10,19H,7-8H2,1H3,(H,17,18). The van der Waals surface area contributed by atoms with E-state index < -0.39 is 5.60 Å². The maximum atomic E-state index is 11.9. The Labute approximate surface area is 111 Å². The summed E-state index contributed by atoms with van der Waals surface area (Å²) in [7, 11) is 0. The van der Waals surface area contributed by atoms with E-state index in [-0.39, 0.29) is 11.9 Å². The molecule has 0 radical (unpaired) electrons. The van der Waals surface area contributed by atoms with E-state index in [0.717, 1.165) is 16.5 Å². The predicted molar refractivity (Wildman–Crippen MR) is 72.5 cm³/mol. The van der Waals surface area contributed by atoms with Gasteiger partial charge in [0.2, 0.25) is 0 Å². The molecular weight excluding hydrogens is 240 g/mol. The van der Waals surface area contributed by atoms with Crippen LogP contribution in [-0.2, 0) is 4.79 Å². The number of benzene rings is 1. The molecule has 0 aliphatic heterocycles. The van der Waals surface area contributed by atoms with Crippen molar-refractivity contribution in [2.24, 2.45) is 0 Å². The van der Waals surface area contributed by atoms with E-state index in [1.165, 1.54) is 0 Å². The fourth-order valence-corrected chi connectivity index (χ4v) is 2.23. The summed E-state index contributed by atoms with van der Waals surface area (Å²) >= 11 is 0. The molecule has 19 heavy (non-hydrogen) atoms. The van der Waals surface area contributed by atoms with Crippen molar-refractivity contribution >= 4 is 16.8 Å². The molecule has 0 saturated heterocycles. The molecule has 1 amide bonds. The number of para-hydroxylation sites is 1. The van der Waals surface area contributed by atoms with Crippen LogP contribution in [0.25, 0.3) is 10.9 Å². The number of carbonyl (C=O) groups is 1. The maximum Gasteiger partial charge on any atom is 0.252 e. The average molecular weight is 256 g/mol. The number of hydrogen-bond acceptors (Lipinski definition) is 3. The Morgan fingerprint density at radius 1 is 1.37 bits per heavy atom. The van der Waals surface area contributed by atoms with Gasteiger partial charge in [0.25, 0.3) is 5.91 Å². The molecule has 1 atom stereocenters. The van der Waals surface area contributed by atoms with Crippen molar-refractivity contribution in [2.45, 2.75) is 31.4 Å². The molecule has 2 N–H and O–H groups in total. The summed E-state index contributed by atoms with van der Waals surface area (Å²) in [6.07, 6.45) is 2.85. The number of amides is 1. The molecule has 1 aliphatic rings. The van der Waals surface area contributed by atoms with Crippen molar-refractivity contribution < 1.29 is 9.90 Å². The first-order valence-corrected chi connectivity index (χ1v) is 6.47. The van der Waals surface area contributed by atoms with E-state index in [4.69, 9.17) is 0 Å². The molecule has 2 aromatic rings. The van der Waals surface area contributed by atoms with Gasteiger partial charge in [0, 0.05) is 17.1 Å². The smallest absolute Gasteiger partial charge is 0.252 e. The normalized spacial score (nSPS) is 18.0. The first-order valence-electron chi connectivity index (χ1n) is 6.47. The molecule has 4 heteroatoms.